The number of hydrogen-bond acceptors (Lipinski definition) is 2. The molecule has 0 aliphatic heterocycles. The van der Waals surface area contributed by atoms with Crippen molar-refractivity contribution >= 4 is 34.2 Å². The zero-order valence-electron chi connectivity index (χ0n) is 10.6. The van der Waals surface area contributed by atoms with E-state index in [1.807, 2.05) is 45.9 Å². The van der Waals surface area contributed by atoms with E-state index in [1.54, 1.807) is 0 Å². The molecule has 0 bridgehead atoms. The summed E-state index contributed by atoms with van der Waals surface area (Å²) in [6.07, 6.45) is 0. The van der Waals surface area contributed by atoms with Gasteiger partial charge in [0, 0.05) is 9.26 Å². The number of nitrogens with one attached hydrogen (secondary N) is 1. The maximum atomic E-state index is 11.7. The second kappa shape index (κ2) is 5.82. The molecule has 0 unspecified atom stereocenters. The molecule has 17 heavy (non-hydrogen) atoms. The molecule has 0 fully saturated rings. The minimum absolute atomic E-state index is 0.0783. The van der Waals surface area contributed by atoms with Crippen LogP contribution in [0.15, 0.2) is 18.2 Å². The maximum absolute atomic E-state index is 11.7. The van der Waals surface area contributed by atoms with Crippen LogP contribution in [0.25, 0.3) is 0 Å². The van der Waals surface area contributed by atoms with Gasteiger partial charge in [-0.2, -0.15) is 0 Å². The predicted molar refractivity (Wildman–Crippen MR) is 78.2 cm³/mol. The van der Waals surface area contributed by atoms with Crippen molar-refractivity contribution in [2.45, 2.75) is 33.3 Å². The number of ether oxygens (including phenoxy) is 1. The first-order chi connectivity index (χ1) is 7.78. The van der Waals surface area contributed by atoms with Crippen LogP contribution in [0.1, 0.15) is 26.3 Å². The molecule has 0 aliphatic carbocycles. The minimum Gasteiger partial charge on any atom is -0.366 e. The number of hydrogen-bond donors (Lipinski definition) is 1. The molecular formula is C13H18INO2. The monoisotopic (exact) mass is 347 g/mol. The normalized spacial score (nSPS) is 11.4. The standard InChI is InChI=1S/C13H18INO2/c1-9-7-10(14)5-6-11(9)15-12(16)8-17-13(2,3)4/h5-7H,8H2,1-4H3,(H,15,16). The van der Waals surface area contributed by atoms with Crippen LogP contribution in [0.3, 0.4) is 0 Å². The molecule has 0 saturated carbocycles. The van der Waals surface area contributed by atoms with E-state index in [9.17, 15) is 4.79 Å². The van der Waals surface area contributed by atoms with Crippen molar-refractivity contribution < 1.29 is 9.53 Å². The summed E-state index contributed by atoms with van der Waals surface area (Å²) in [4.78, 5) is 11.7. The van der Waals surface area contributed by atoms with Crippen LogP contribution in [0.4, 0.5) is 5.69 Å². The molecule has 1 amide bonds. The molecule has 0 saturated heterocycles. The van der Waals surface area contributed by atoms with Gasteiger partial charge < -0.3 is 10.1 Å². The summed E-state index contributed by atoms with van der Waals surface area (Å²) in [6.45, 7) is 7.83. The van der Waals surface area contributed by atoms with Crippen LogP contribution in [-0.4, -0.2) is 18.1 Å². The fourth-order valence-electron chi connectivity index (χ4n) is 1.24. The lowest BCUT2D eigenvalue weighted by Gasteiger charge is -2.19. The van der Waals surface area contributed by atoms with Gasteiger partial charge in [0.05, 0.1) is 5.60 Å². The highest BCUT2D eigenvalue weighted by Crippen LogP contribution is 2.17. The van der Waals surface area contributed by atoms with E-state index in [4.69, 9.17) is 4.74 Å². The van der Waals surface area contributed by atoms with Crippen LogP contribution >= 0.6 is 22.6 Å². The third kappa shape index (κ3) is 5.50. The quantitative estimate of drug-likeness (QED) is 0.852. The molecule has 0 aliphatic rings. The Morgan fingerprint density at radius 2 is 2.06 bits per heavy atom. The second-order valence-corrected chi connectivity index (χ2v) is 6.15. The van der Waals surface area contributed by atoms with Gasteiger partial charge in [-0.25, -0.2) is 0 Å². The Morgan fingerprint density at radius 3 is 2.59 bits per heavy atom. The Hall–Kier alpha value is -0.620. The molecule has 0 aromatic heterocycles. The van der Waals surface area contributed by atoms with Crippen molar-refractivity contribution in [2.24, 2.45) is 0 Å². The van der Waals surface area contributed by atoms with Gasteiger partial charge in [-0.05, 0) is 74.0 Å². The molecule has 94 valence electrons. The fourth-order valence-corrected chi connectivity index (χ4v) is 1.88. The summed E-state index contributed by atoms with van der Waals surface area (Å²) in [5.74, 6) is -0.121. The van der Waals surface area contributed by atoms with Crippen LogP contribution < -0.4 is 5.32 Å². The molecule has 4 heteroatoms. The van der Waals surface area contributed by atoms with Crippen LogP contribution in [0, 0.1) is 10.5 Å². The molecule has 0 radical (unpaired) electrons. The molecule has 0 spiro atoms. The van der Waals surface area contributed by atoms with Gasteiger partial charge in [0.25, 0.3) is 0 Å². The predicted octanol–water partition coefficient (Wildman–Crippen LogP) is 3.35. The Kier molecular flexibility index (Phi) is 4.94. The lowest BCUT2D eigenvalue weighted by molar-refractivity contribution is -0.125. The Morgan fingerprint density at radius 1 is 1.41 bits per heavy atom. The fraction of sp³-hybridized carbons (Fsp3) is 0.462. The summed E-state index contributed by atoms with van der Waals surface area (Å²) in [5.41, 5.74) is 1.60. The second-order valence-electron chi connectivity index (χ2n) is 4.91. The molecule has 3 nitrogen and oxygen atoms in total. The molecule has 1 N–H and O–H groups in total. The van der Waals surface area contributed by atoms with Gasteiger partial charge in [0.1, 0.15) is 6.61 Å². The number of aryl methyl sites for hydroxylation is 1. The van der Waals surface area contributed by atoms with Crippen LogP contribution in [0.2, 0.25) is 0 Å². The van der Waals surface area contributed by atoms with E-state index in [0.717, 1.165) is 14.8 Å². The topological polar surface area (TPSA) is 38.3 Å². The highest BCUT2D eigenvalue weighted by Gasteiger charge is 2.13. The van der Waals surface area contributed by atoms with Crippen molar-refractivity contribution in [3.05, 3.63) is 27.3 Å². The van der Waals surface area contributed by atoms with Crippen molar-refractivity contribution in [1.29, 1.82) is 0 Å². The molecule has 0 heterocycles. The number of anilines is 1. The maximum Gasteiger partial charge on any atom is 0.250 e. The third-order valence-electron chi connectivity index (χ3n) is 2.10. The van der Waals surface area contributed by atoms with Gasteiger partial charge in [-0.1, -0.05) is 0 Å². The first-order valence-electron chi connectivity index (χ1n) is 5.48. The summed E-state index contributed by atoms with van der Waals surface area (Å²) in [6, 6.07) is 5.90. The summed E-state index contributed by atoms with van der Waals surface area (Å²) >= 11 is 2.25. The largest absolute Gasteiger partial charge is 0.366 e. The van der Waals surface area contributed by atoms with Crippen molar-refractivity contribution in [2.75, 3.05) is 11.9 Å². The number of carbonyl (C=O) groups excluding carboxylic acids is 1. The smallest absolute Gasteiger partial charge is 0.250 e. The Balaban J connectivity index is 2.57. The van der Waals surface area contributed by atoms with Crippen molar-refractivity contribution in [3.63, 3.8) is 0 Å². The van der Waals surface area contributed by atoms with E-state index in [0.29, 0.717) is 0 Å². The van der Waals surface area contributed by atoms with E-state index in [2.05, 4.69) is 27.9 Å². The van der Waals surface area contributed by atoms with E-state index in [-0.39, 0.29) is 18.1 Å². The van der Waals surface area contributed by atoms with Gasteiger partial charge in [-0.15, -0.1) is 0 Å². The number of rotatable bonds is 3. The first kappa shape index (κ1) is 14.4. The van der Waals surface area contributed by atoms with Crippen molar-refractivity contribution in [1.82, 2.24) is 0 Å². The number of amides is 1. The van der Waals surface area contributed by atoms with Crippen LogP contribution in [0.5, 0.6) is 0 Å². The number of carbonyl (C=O) groups is 1. The van der Waals surface area contributed by atoms with E-state index in [1.165, 1.54) is 0 Å². The Labute approximate surface area is 116 Å². The minimum atomic E-state index is -0.293. The Bertz CT molecular complexity index is 410. The first-order valence-corrected chi connectivity index (χ1v) is 6.56. The summed E-state index contributed by atoms with van der Waals surface area (Å²) in [5, 5.41) is 2.84. The van der Waals surface area contributed by atoms with E-state index < -0.39 is 0 Å². The third-order valence-corrected chi connectivity index (χ3v) is 2.77. The number of benzene rings is 1. The average Bonchev–Trinajstić information content (AvgIpc) is 2.18. The molecule has 0 atom stereocenters. The number of halogens is 1. The lowest BCUT2D eigenvalue weighted by Crippen LogP contribution is -2.27. The molecular weight excluding hydrogens is 329 g/mol. The zero-order chi connectivity index (χ0) is 13.1. The molecule has 1 aromatic rings. The lowest BCUT2D eigenvalue weighted by atomic mass is 10.2. The molecule has 1 rings (SSSR count). The highest BCUT2D eigenvalue weighted by molar-refractivity contribution is 14.1. The summed E-state index contributed by atoms with van der Waals surface area (Å²) < 4.78 is 6.57. The molecule has 1 aromatic carbocycles. The van der Waals surface area contributed by atoms with Gasteiger partial charge in [-0.3, -0.25) is 4.79 Å². The SMILES string of the molecule is Cc1cc(I)ccc1NC(=O)COC(C)(C)C. The summed E-state index contributed by atoms with van der Waals surface area (Å²) in [7, 11) is 0. The van der Waals surface area contributed by atoms with Gasteiger partial charge >= 0.3 is 0 Å². The highest BCUT2D eigenvalue weighted by atomic mass is 127. The van der Waals surface area contributed by atoms with Crippen LogP contribution in [-0.2, 0) is 9.53 Å². The zero-order valence-corrected chi connectivity index (χ0v) is 12.8. The van der Waals surface area contributed by atoms with Gasteiger partial charge in [0.15, 0.2) is 0 Å². The average molecular weight is 347 g/mol. The van der Waals surface area contributed by atoms with Gasteiger partial charge in [0.2, 0.25) is 5.91 Å². The van der Waals surface area contributed by atoms with E-state index >= 15 is 0 Å². The van der Waals surface area contributed by atoms with Crippen molar-refractivity contribution in [3.8, 4) is 0 Å².